The summed E-state index contributed by atoms with van der Waals surface area (Å²) in [6.07, 6.45) is 9.39. The third-order valence-electron chi connectivity index (χ3n) is 4.79. The van der Waals surface area contributed by atoms with Gasteiger partial charge < -0.3 is 11.1 Å². The van der Waals surface area contributed by atoms with E-state index in [1.54, 1.807) is 0 Å². The Balaban J connectivity index is 0.00000264. The smallest absolute Gasteiger partial charge is 0.223 e. The quantitative estimate of drug-likeness (QED) is 0.692. The van der Waals surface area contributed by atoms with Gasteiger partial charge in [-0.05, 0) is 42.9 Å². The van der Waals surface area contributed by atoms with Crippen molar-refractivity contribution in [1.82, 2.24) is 5.32 Å². The molecular formula is C19H31ClN2O. The number of carbonyl (C=O) groups is 1. The summed E-state index contributed by atoms with van der Waals surface area (Å²) < 4.78 is 0. The first-order valence-electron chi connectivity index (χ1n) is 8.81. The van der Waals surface area contributed by atoms with Crippen LogP contribution in [0.4, 0.5) is 5.69 Å². The molecule has 1 unspecified atom stereocenters. The molecule has 23 heavy (non-hydrogen) atoms. The lowest BCUT2D eigenvalue weighted by Gasteiger charge is -2.19. The van der Waals surface area contributed by atoms with Crippen LogP contribution in [0.1, 0.15) is 57.4 Å². The van der Waals surface area contributed by atoms with Crippen molar-refractivity contribution in [2.75, 3.05) is 12.3 Å². The third-order valence-corrected chi connectivity index (χ3v) is 4.79. The highest BCUT2D eigenvalue weighted by atomic mass is 35.5. The number of halogens is 1. The minimum atomic E-state index is 0. The molecule has 4 heteroatoms. The fraction of sp³-hybridized carbons (Fsp3) is 0.632. The SMILES string of the molecule is CCCC(CC1CCCC1)C(=O)NCCc1ccc(N)cc1.Cl. The predicted molar refractivity (Wildman–Crippen MR) is 99.8 cm³/mol. The van der Waals surface area contributed by atoms with Gasteiger partial charge in [0.2, 0.25) is 5.91 Å². The number of hydrogen-bond acceptors (Lipinski definition) is 2. The maximum Gasteiger partial charge on any atom is 0.223 e. The maximum atomic E-state index is 12.4. The van der Waals surface area contributed by atoms with Gasteiger partial charge in [0.05, 0.1) is 0 Å². The fourth-order valence-electron chi connectivity index (χ4n) is 3.51. The van der Waals surface area contributed by atoms with Crippen LogP contribution >= 0.6 is 12.4 Å². The van der Waals surface area contributed by atoms with Gasteiger partial charge in [-0.15, -0.1) is 12.4 Å². The van der Waals surface area contributed by atoms with Gasteiger partial charge in [-0.25, -0.2) is 0 Å². The van der Waals surface area contributed by atoms with Crippen molar-refractivity contribution in [3.8, 4) is 0 Å². The molecule has 3 N–H and O–H groups in total. The standard InChI is InChI=1S/C19H30N2O.ClH/c1-2-5-17(14-16-6-3-4-7-16)19(22)21-13-12-15-8-10-18(20)11-9-15;/h8-11,16-17H,2-7,12-14,20H2,1H3,(H,21,22);1H. The molecule has 0 aromatic heterocycles. The molecule has 1 amide bonds. The van der Waals surface area contributed by atoms with E-state index in [1.165, 1.54) is 31.2 Å². The number of nitrogens with two attached hydrogens (primary N) is 1. The monoisotopic (exact) mass is 338 g/mol. The summed E-state index contributed by atoms with van der Waals surface area (Å²) in [6, 6.07) is 7.89. The molecule has 1 aromatic carbocycles. The minimum Gasteiger partial charge on any atom is -0.399 e. The number of amides is 1. The molecular weight excluding hydrogens is 308 g/mol. The molecule has 0 radical (unpaired) electrons. The molecule has 1 aliphatic rings. The molecule has 1 aliphatic carbocycles. The molecule has 3 nitrogen and oxygen atoms in total. The summed E-state index contributed by atoms with van der Waals surface area (Å²) >= 11 is 0. The van der Waals surface area contributed by atoms with E-state index < -0.39 is 0 Å². The number of anilines is 1. The second-order valence-corrected chi connectivity index (χ2v) is 6.65. The summed E-state index contributed by atoms with van der Waals surface area (Å²) in [5.74, 6) is 1.24. The van der Waals surface area contributed by atoms with Crippen LogP contribution in [-0.2, 0) is 11.2 Å². The largest absolute Gasteiger partial charge is 0.399 e. The number of nitrogen functional groups attached to an aromatic ring is 1. The van der Waals surface area contributed by atoms with Crippen molar-refractivity contribution in [3.05, 3.63) is 29.8 Å². The normalized spacial score (nSPS) is 15.9. The molecule has 1 saturated carbocycles. The van der Waals surface area contributed by atoms with Crippen LogP contribution in [-0.4, -0.2) is 12.5 Å². The summed E-state index contributed by atoms with van der Waals surface area (Å²) in [5.41, 5.74) is 7.69. The number of rotatable bonds is 8. The van der Waals surface area contributed by atoms with Gasteiger partial charge in [0.1, 0.15) is 0 Å². The highest BCUT2D eigenvalue weighted by Gasteiger charge is 2.24. The Kier molecular flexibility index (Phi) is 9.08. The summed E-state index contributed by atoms with van der Waals surface area (Å²) in [5, 5.41) is 3.13. The van der Waals surface area contributed by atoms with Crippen molar-refractivity contribution >= 4 is 24.0 Å². The van der Waals surface area contributed by atoms with Gasteiger partial charge in [-0.3, -0.25) is 4.79 Å². The summed E-state index contributed by atoms with van der Waals surface area (Å²) in [6.45, 7) is 2.89. The second-order valence-electron chi connectivity index (χ2n) is 6.65. The first kappa shape index (κ1) is 19.8. The fourth-order valence-corrected chi connectivity index (χ4v) is 3.51. The Bertz CT molecular complexity index is 455. The Morgan fingerprint density at radius 2 is 1.91 bits per heavy atom. The van der Waals surface area contributed by atoms with Crippen LogP contribution in [0.2, 0.25) is 0 Å². The Morgan fingerprint density at radius 3 is 2.52 bits per heavy atom. The number of hydrogen-bond donors (Lipinski definition) is 2. The Hall–Kier alpha value is -1.22. The predicted octanol–water partition coefficient (Wildman–Crippen LogP) is 4.35. The van der Waals surface area contributed by atoms with Gasteiger partial charge in [-0.2, -0.15) is 0 Å². The lowest BCUT2D eigenvalue weighted by Crippen LogP contribution is -2.33. The van der Waals surface area contributed by atoms with E-state index in [1.807, 2.05) is 24.3 Å². The highest BCUT2D eigenvalue weighted by Crippen LogP contribution is 2.31. The maximum absolute atomic E-state index is 12.4. The molecule has 0 aliphatic heterocycles. The minimum absolute atomic E-state index is 0. The summed E-state index contributed by atoms with van der Waals surface area (Å²) in [7, 11) is 0. The average Bonchev–Trinajstić information content (AvgIpc) is 3.02. The van der Waals surface area contributed by atoms with Gasteiger partial charge in [-0.1, -0.05) is 51.2 Å². The molecule has 130 valence electrons. The van der Waals surface area contributed by atoms with Crippen LogP contribution in [0.25, 0.3) is 0 Å². The molecule has 0 spiro atoms. The van der Waals surface area contributed by atoms with Crippen LogP contribution in [0.3, 0.4) is 0 Å². The molecule has 1 atom stereocenters. The van der Waals surface area contributed by atoms with Crippen molar-refractivity contribution in [1.29, 1.82) is 0 Å². The van der Waals surface area contributed by atoms with E-state index in [0.29, 0.717) is 6.54 Å². The first-order chi connectivity index (χ1) is 10.7. The topological polar surface area (TPSA) is 55.1 Å². The van der Waals surface area contributed by atoms with Gasteiger partial charge in [0.15, 0.2) is 0 Å². The van der Waals surface area contributed by atoms with Crippen LogP contribution < -0.4 is 11.1 Å². The Labute approximate surface area is 146 Å². The first-order valence-corrected chi connectivity index (χ1v) is 8.81. The average molecular weight is 339 g/mol. The van der Waals surface area contributed by atoms with E-state index >= 15 is 0 Å². The van der Waals surface area contributed by atoms with Crippen LogP contribution in [0.5, 0.6) is 0 Å². The van der Waals surface area contributed by atoms with E-state index in [-0.39, 0.29) is 24.2 Å². The van der Waals surface area contributed by atoms with Gasteiger partial charge >= 0.3 is 0 Å². The summed E-state index contributed by atoms with van der Waals surface area (Å²) in [4.78, 5) is 12.4. The van der Waals surface area contributed by atoms with Crippen LogP contribution in [0.15, 0.2) is 24.3 Å². The van der Waals surface area contributed by atoms with Crippen molar-refractivity contribution < 1.29 is 4.79 Å². The third kappa shape index (κ3) is 6.82. The van der Waals surface area contributed by atoms with Gasteiger partial charge in [0.25, 0.3) is 0 Å². The number of nitrogens with one attached hydrogen (secondary N) is 1. The lowest BCUT2D eigenvalue weighted by molar-refractivity contribution is -0.125. The lowest BCUT2D eigenvalue weighted by atomic mass is 9.89. The van der Waals surface area contributed by atoms with E-state index in [0.717, 1.165) is 37.3 Å². The molecule has 2 rings (SSSR count). The zero-order chi connectivity index (χ0) is 15.8. The zero-order valence-electron chi connectivity index (χ0n) is 14.2. The molecule has 1 fully saturated rings. The van der Waals surface area contributed by atoms with Crippen molar-refractivity contribution in [2.45, 2.75) is 58.3 Å². The molecule has 0 heterocycles. The molecule has 1 aromatic rings. The van der Waals surface area contributed by atoms with Gasteiger partial charge in [0, 0.05) is 18.2 Å². The van der Waals surface area contributed by atoms with Crippen molar-refractivity contribution in [3.63, 3.8) is 0 Å². The van der Waals surface area contributed by atoms with Crippen LogP contribution in [0, 0.1) is 11.8 Å². The second kappa shape index (κ2) is 10.5. The molecule has 0 saturated heterocycles. The molecule has 0 bridgehead atoms. The zero-order valence-corrected chi connectivity index (χ0v) is 15.0. The van der Waals surface area contributed by atoms with Crippen molar-refractivity contribution in [2.24, 2.45) is 11.8 Å². The van der Waals surface area contributed by atoms with E-state index in [2.05, 4.69) is 12.2 Å². The van der Waals surface area contributed by atoms with E-state index in [9.17, 15) is 4.79 Å². The number of carbonyl (C=O) groups excluding carboxylic acids is 1. The highest BCUT2D eigenvalue weighted by molar-refractivity contribution is 5.85. The Morgan fingerprint density at radius 1 is 1.26 bits per heavy atom. The van der Waals surface area contributed by atoms with E-state index in [4.69, 9.17) is 5.73 Å². The number of benzene rings is 1.